The first kappa shape index (κ1) is 11.6. The summed E-state index contributed by atoms with van der Waals surface area (Å²) in [5.74, 6) is 1.18. The summed E-state index contributed by atoms with van der Waals surface area (Å²) in [5, 5.41) is 0. The molecule has 0 aliphatic heterocycles. The Kier molecular flexibility index (Phi) is 3.13. The van der Waals surface area contributed by atoms with Crippen molar-refractivity contribution in [1.82, 2.24) is 4.98 Å². The van der Waals surface area contributed by atoms with E-state index in [0.717, 1.165) is 23.4 Å². The third-order valence-corrected chi connectivity index (χ3v) is 2.76. The van der Waals surface area contributed by atoms with E-state index in [9.17, 15) is 4.39 Å². The Morgan fingerprint density at radius 1 is 1.29 bits per heavy atom. The van der Waals surface area contributed by atoms with Crippen molar-refractivity contribution in [1.29, 1.82) is 0 Å². The molecule has 0 spiro atoms. The van der Waals surface area contributed by atoms with E-state index < -0.39 is 0 Å². The molecule has 0 aliphatic carbocycles. The van der Waals surface area contributed by atoms with Crippen molar-refractivity contribution in [2.75, 3.05) is 5.73 Å². The van der Waals surface area contributed by atoms with Crippen LogP contribution < -0.4 is 5.73 Å². The first-order chi connectivity index (χ1) is 8.06. The van der Waals surface area contributed by atoms with Gasteiger partial charge in [0.15, 0.2) is 5.89 Å². The van der Waals surface area contributed by atoms with Crippen LogP contribution in [0.3, 0.4) is 0 Å². The van der Waals surface area contributed by atoms with Gasteiger partial charge < -0.3 is 10.2 Å². The Morgan fingerprint density at radius 3 is 2.65 bits per heavy atom. The second-order valence-electron chi connectivity index (χ2n) is 4.11. The highest BCUT2D eigenvalue weighted by molar-refractivity contribution is 5.42. The van der Waals surface area contributed by atoms with E-state index in [1.807, 2.05) is 13.8 Å². The summed E-state index contributed by atoms with van der Waals surface area (Å²) >= 11 is 0. The van der Waals surface area contributed by atoms with E-state index in [4.69, 9.17) is 10.2 Å². The molecule has 1 aromatic carbocycles. The van der Waals surface area contributed by atoms with E-state index >= 15 is 0 Å². The lowest BCUT2D eigenvalue weighted by atomic mass is 10.1. The van der Waals surface area contributed by atoms with Gasteiger partial charge in [-0.1, -0.05) is 6.07 Å². The van der Waals surface area contributed by atoms with E-state index in [0.29, 0.717) is 12.3 Å². The monoisotopic (exact) mass is 234 g/mol. The van der Waals surface area contributed by atoms with Crippen molar-refractivity contribution in [3.63, 3.8) is 0 Å². The van der Waals surface area contributed by atoms with Crippen molar-refractivity contribution in [3.8, 4) is 0 Å². The number of oxazole rings is 1. The van der Waals surface area contributed by atoms with Crippen LogP contribution in [0.5, 0.6) is 0 Å². The maximum atomic E-state index is 13.0. The quantitative estimate of drug-likeness (QED) is 0.831. The lowest BCUT2D eigenvalue weighted by molar-refractivity contribution is 0.470. The van der Waals surface area contributed by atoms with Gasteiger partial charge in [-0.2, -0.15) is 0 Å². The number of hydrogen-bond donors (Lipinski definition) is 1. The SMILES string of the molecule is Cc1nc(CCc2ccc(F)c(N)c2)oc1C. The first-order valence-corrected chi connectivity index (χ1v) is 5.53. The molecule has 0 fully saturated rings. The third kappa shape index (κ3) is 2.64. The minimum atomic E-state index is -0.378. The number of hydrogen-bond acceptors (Lipinski definition) is 3. The Balaban J connectivity index is 2.04. The molecule has 0 radical (unpaired) electrons. The molecule has 0 amide bonds. The Bertz CT molecular complexity index is 515. The predicted octanol–water partition coefficient (Wildman–Crippen LogP) is 2.80. The van der Waals surface area contributed by atoms with Crippen LogP contribution in [0.15, 0.2) is 22.6 Å². The highest BCUT2D eigenvalue weighted by atomic mass is 19.1. The van der Waals surface area contributed by atoms with Crippen molar-refractivity contribution in [2.24, 2.45) is 0 Å². The molecule has 0 saturated heterocycles. The molecule has 1 aromatic heterocycles. The van der Waals surface area contributed by atoms with Gasteiger partial charge in [-0.25, -0.2) is 9.37 Å². The van der Waals surface area contributed by atoms with Crippen LogP contribution in [0, 0.1) is 19.7 Å². The predicted molar refractivity (Wildman–Crippen MR) is 64.2 cm³/mol. The number of aromatic nitrogens is 1. The van der Waals surface area contributed by atoms with Crippen molar-refractivity contribution >= 4 is 5.69 Å². The zero-order valence-corrected chi connectivity index (χ0v) is 9.96. The number of nitrogen functional groups attached to an aromatic ring is 1. The molecule has 2 rings (SSSR count). The summed E-state index contributed by atoms with van der Waals surface area (Å²) in [5.41, 5.74) is 7.59. The van der Waals surface area contributed by atoms with Gasteiger partial charge in [0.05, 0.1) is 11.4 Å². The standard InChI is InChI=1S/C13H15FN2O/c1-8-9(2)17-13(16-8)6-4-10-3-5-11(14)12(15)7-10/h3,5,7H,4,6,15H2,1-2H3. The molecule has 17 heavy (non-hydrogen) atoms. The fraction of sp³-hybridized carbons (Fsp3) is 0.308. The second-order valence-corrected chi connectivity index (χ2v) is 4.11. The highest BCUT2D eigenvalue weighted by Gasteiger charge is 2.06. The number of nitrogens with two attached hydrogens (primary N) is 1. The van der Waals surface area contributed by atoms with Crippen LogP contribution in [0.2, 0.25) is 0 Å². The van der Waals surface area contributed by atoms with Gasteiger partial charge in [-0.05, 0) is 38.0 Å². The average Bonchev–Trinajstić information content (AvgIpc) is 2.60. The summed E-state index contributed by atoms with van der Waals surface area (Å²) < 4.78 is 18.4. The molecular weight excluding hydrogens is 219 g/mol. The van der Waals surface area contributed by atoms with Gasteiger partial charge in [0.25, 0.3) is 0 Å². The van der Waals surface area contributed by atoms with Crippen molar-refractivity contribution in [3.05, 3.63) is 46.9 Å². The molecule has 0 unspecified atom stereocenters. The van der Waals surface area contributed by atoms with E-state index in [2.05, 4.69) is 4.98 Å². The minimum absolute atomic E-state index is 0.183. The summed E-state index contributed by atoms with van der Waals surface area (Å²) in [4.78, 5) is 4.29. The largest absolute Gasteiger partial charge is 0.446 e. The van der Waals surface area contributed by atoms with E-state index in [1.165, 1.54) is 6.07 Å². The summed E-state index contributed by atoms with van der Waals surface area (Å²) in [7, 11) is 0. The van der Waals surface area contributed by atoms with Crippen LogP contribution in [-0.2, 0) is 12.8 Å². The lowest BCUT2D eigenvalue weighted by Crippen LogP contribution is -1.96. The number of anilines is 1. The lowest BCUT2D eigenvalue weighted by Gasteiger charge is -2.01. The van der Waals surface area contributed by atoms with Crippen LogP contribution in [0.1, 0.15) is 22.9 Å². The maximum Gasteiger partial charge on any atom is 0.194 e. The zero-order chi connectivity index (χ0) is 12.4. The van der Waals surface area contributed by atoms with Gasteiger partial charge in [-0.15, -0.1) is 0 Å². The van der Waals surface area contributed by atoms with Gasteiger partial charge in [0, 0.05) is 6.42 Å². The summed E-state index contributed by atoms with van der Waals surface area (Å²) in [6, 6.07) is 4.77. The van der Waals surface area contributed by atoms with Crippen LogP contribution in [0.25, 0.3) is 0 Å². The normalized spacial score (nSPS) is 10.8. The highest BCUT2D eigenvalue weighted by Crippen LogP contribution is 2.15. The van der Waals surface area contributed by atoms with Gasteiger partial charge >= 0.3 is 0 Å². The molecule has 3 nitrogen and oxygen atoms in total. The number of aryl methyl sites for hydroxylation is 4. The molecule has 0 saturated carbocycles. The summed E-state index contributed by atoms with van der Waals surface area (Å²) in [6.45, 7) is 3.81. The molecule has 1 heterocycles. The van der Waals surface area contributed by atoms with Gasteiger partial charge in [0.1, 0.15) is 11.6 Å². The van der Waals surface area contributed by atoms with Crippen LogP contribution in [0.4, 0.5) is 10.1 Å². The minimum Gasteiger partial charge on any atom is -0.446 e. The second kappa shape index (κ2) is 4.57. The Labute approximate surface area is 99.5 Å². The third-order valence-electron chi connectivity index (χ3n) is 2.76. The Hall–Kier alpha value is -1.84. The van der Waals surface area contributed by atoms with Crippen molar-refractivity contribution in [2.45, 2.75) is 26.7 Å². The van der Waals surface area contributed by atoms with Crippen molar-refractivity contribution < 1.29 is 8.81 Å². The molecule has 0 aliphatic rings. The number of rotatable bonds is 3. The fourth-order valence-corrected chi connectivity index (χ4v) is 1.65. The number of nitrogens with zero attached hydrogens (tertiary/aromatic N) is 1. The van der Waals surface area contributed by atoms with Crippen LogP contribution in [-0.4, -0.2) is 4.98 Å². The van der Waals surface area contributed by atoms with E-state index in [-0.39, 0.29) is 11.5 Å². The zero-order valence-electron chi connectivity index (χ0n) is 9.96. The van der Waals surface area contributed by atoms with Crippen LogP contribution >= 0.6 is 0 Å². The first-order valence-electron chi connectivity index (χ1n) is 5.53. The molecular formula is C13H15FN2O. The van der Waals surface area contributed by atoms with Gasteiger partial charge in [0.2, 0.25) is 0 Å². The fourth-order valence-electron chi connectivity index (χ4n) is 1.65. The summed E-state index contributed by atoms with van der Waals surface area (Å²) in [6.07, 6.45) is 1.43. The van der Waals surface area contributed by atoms with Gasteiger partial charge in [-0.3, -0.25) is 0 Å². The molecule has 4 heteroatoms. The molecule has 0 atom stereocenters. The maximum absolute atomic E-state index is 13.0. The molecule has 0 bridgehead atoms. The van der Waals surface area contributed by atoms with E-state index in [1.54, 1.807) is 12.1 Å². The molecule has 90 valence electrons. The Morgan fingerprint density at radius 2 is 2.06 bits per heavy atom. The molecule has 2 aromatic rings. The molecule has 2 N–H and O–H groups in total. The number of benzene rings is 1. The average molecular weight is 234 g/mol. The number of halogens is 1. The topological polar surface area (TPSA) is 52.0 Å². The smallest absolute Gasteiger partial charge is 0.194 e.